The van der Waals surface area contributed by atoms with Crippen molar-refractivity contribution >= 4 is 16.0 Å². The van der Waals surface area contributed by atoms with Gasteiger partial charge < -0.3 is 10.6 Å². The first-order valence-corrected chi connectivity index (χ1v) is 11.2. The van der Waals surface area contributed by atoms with E-state index in [1.54, 1.807) is 7.05 Å². The zero-order valence-electron chi connectivity index (χ0n) is 16.3. The number of guanidine groups is 1. The summed E-state index contributed by atoms with van der Waals surface area (Å²) in [5, 5.41) is 6.38. The molecule has 1 fully saturated rings. The van der Waals surface area contributed by atoms with E-state index >= 15 is 0 Å². The van der Waals surface area contributed by atoms with Gasteiger partial charge in [0.05, 0.1) is 0 Å². The first-order valence-electron chi connectivity index (χ1n) is 9.76. The quantitative estimate of drug-likeness (QED) is 0.327. The Hall–Kier alpha value is -1.03. The second kappa shape index (κ2) is 11.7. The van der Waals surface area contributed by atoms with Gasteiger partial charge in [-0.2, -0.15) is 17.5 Å². The van der Waals surface area contributed by atoms with E-state index in [9.17, 15) is 21.6 Å². The molecule has 0 saturated carbocycles. The molecule has 0 aromatic carbocycles. The zero-order chi connectivity index (χ0) is 20.3. The number of sulfonamides is 1. The van der Waals surface area contributed by atoms with E-state index in [1.165, 1.54) is 32.1 Å². The molecule has 0 aliphatic carbocycles. The van der Waals surface area contributed by atoms with Crippen molar-refractivity contribution in [3.63, 3.8) is 0 Å². The van der Waals surface area contributed by atoms with Gasteiger partial charge in [-0.05, 0) is 19.3 Å². The summed E-state index contributed by atoms with van der Waals surface area (Å²) in [6, 6.07) is -0.0927. The second-order valence-electron chi connectivity index (χ2n) is 6.89. The summed E-state index contributed by atoms with van der Waals surface area (Å²) in [7, 11) is -3.58. The third-order valence-corrected chi connectivity index (χ3v) is 6.35. The molecule has 0 atom stereocenters. The number of hydrogen-bond acceptors (Lipinski definition) is 3. The van der Waals surface area contributed by atoms with Crippen LogP contribution in [0.25, 0.3) is 0 Å². The lowest BCUT2D eigenvalue weighted by atomic mass is 10.1. The normalized spacial score (nSPS) is 17.9. The largest absolute Gasteiger partial charge is 0.511 e. The molecule has 1 saturated heterocycles. The van der Waals surface area contributed by atoms with Crippen LogP contribution in [0.3, 0.4) is 0 Å². The monoisotopic (exact) mass is 414 g/mol. The second-order valence-corrected chi connectivity index (χ2v) is 8.82. The number of nitrogens with one attached hydrogen (secondary N) is 2. The maximum Gasteiger partial charge on any atom is 0.511 e. The maximum absolute atomic E-state index is 12.6. The van der Waals surface area contributed by atoms with Crippen molar-refractivity contribution in [1.29, 1.82) is 0 Å². The number of hydrogen-bond donors (Lipinski definition) is 2. The number of aliphatic imine (C=N–C) groups is 1. The van der Waals surface area contributed by atoms with Crippen LogP contribution in [-0.4, -0.2) is 56.9 Å². The van der Waals surface area contributed by atoms with Gasteiger partial charge >= 0.3 is 15.5 Å². The molecule has 27 heavy (non-hydrogen) atoms. The molecule has 0 aromatic rings. The van der Waals surface area contributed by atoms with Crippen LogP contribution in [0.2, 0.25) is 0 Å². The Kier molecular flexibility index (Phi) is 10.4. The number of nitrogens with zero attached hydrogens (tertiary/aromatic N) is 2. The van der Waals surface area contributed by atoms with Crippen molar-refractivity contribution in [3.8, 4) is 0 Å². The number of rotatable bonds is 10. The van der Waals surface area contributed by atoms with Gasteiger partial charge in [0, 0.05) is 32.7 Å². The highest BCUT2D eigenvalue weighted by atomic mass is 32.2. The minimum atomic E-state index is -5.23. The molecule has 0 aromatic heterocycles. The molecule has 10 heteroatoms. The van der Waals surface area contributed by atoms with Crippen LogP contribution in [-0.2, 0) is 10.0 Å². The molecule has 1 rings (SSSR count). The Bertz CT molecular complexity index is 545. The van der Waals surface area contributed by atoms with Gasteiger partial charge in [0.2, 0.25) is 0 Å². The van der Waals surface area contributed by atoms with Crippen LogP contribution >= 0.6 is 0 Å². The molecule has 0 unspecified atom stereocenters. The Morgan fingerprint density at radius 2 is 1.63 bits per heavy atom. The molecule has 0 spiro atoms. The van der Waals surface area contributed by atoms with E-state index in [0.717, 1.165) is 19.4 Å². The fourth-order valence-corrected chi connectivity index (χ4v) is 4.05. The van der Waals surface area contributed by atoms with Gasteiger partial charge in [-0.3, -0.25) is 4.99 Å². The van der Waals surface area contributed by atoms with Crippen LogP contribution in [0.1, 0.15) is 64.7 Å². The van der Waals surface area contributed by atoms with E-state index in [0.29, 0.717) is 23.1 Å². The van der Waals surface area contributed by atoms with Crippen molar-refractivity contribution in [2.75, 3.05) is 26.7 Å². The van der Waals surface area contributed by atoms with Crippen LogP contribution in [0.4, 0.5) is 13.2 Å². The topological polar surface area (TPSA) is 73.8 Å². The van der Waals surface area contributed by atoms with Gasteiger partial charge in [-0.15, -0.1) is 0 Å². The van der Waals surface area contributed by atoms with Crippen molar-refractivity contribution < 1.29 is 21.6 Å². The summed E-state index contributed by atoms with van der Waals surface area (Å²) in [4.78, 5) is 4.13. The first-order chi connectivity index (χ1) is 12.7. The van der Waals surface area contributed by atoms with Crippen LogP contribution in [0.15, 0.2) is 4.99 Å². The molecular weight excluding hydrogens is 381 g/mol. The zero-order valence-corrected chi connectivity index (χ0v) is 17.1. The summed E-state index contributed by atoms with van der Waals surface area (Å²) >= 11 is 0. The average molecular weight is 415 g/mol. The van der Waals surface area contributed by atoms with Gasteiger partial charge in [-0.1, -0.05) is 45.4 Å². The number of halogens is 3. The fraction of sp³-hybridized carbons (Fsp3) is 0.941. The summed E-state index contributed by atoms with van der Waals surface area (Å²) in [5.74, 6) is 0.609. The van der Waals surface area contributed by atoms with E-state index in [1.807, 2.05) is 0 Å². The molecule has 1 heterocycles. The summed E-state index contributed by atoms with van der Waals surface area (Å²) in [6.07, 6.45) is 9.12. The third kappa shape index (κ3) is 8.25. The van der Waals surface area contributed by atoms with Crippen LogP contribution in [0.5, 0.6) is 0 Å². The molecule has 160 valence electrons. The minimum Gasteiger partial charge on any atom is -0.356 e. The molecule has 1 aliphatic rings. The molecule has 0 amide bonds. The highest BCUT2D eigenvalue weighted by Crippen LogP contribution is 2.28. The van der Waals surface area contributed by atoms with Gasteiger partial charge in [-0.25, -0.2) is 8.42 Å². The van der Waals surface area contributed by atoms with E-state index < -0.39 is 15.5 Å². The predicted molar refractivity (Wildman–Crippen MR) is 102 cm³/mol. The Labute approximate surface area is 161 Å². The minimum absolute atomic E-state index is 0.0927. The van der Waals surface area contributed by atoms with Crippen molar-refractivity contribution in [3.05, 3.63) is 0 Å². The number of piperidine rings is 1. The van der Waals surface area contributed by atoms with Gasteiger partial charge in [0.25, 0.3) is 0 Å². The summed E-state index contributed by atoms with van der Waals surface area (Å²) < 4.78 is 61.1. The third-order valence-electron chi connectivity index (χ3n) is 4.72. The Morgan fingerprint density at radius 1 is 1.07 bits per heavy atom. The summed E-state index contributed by atoms with van der Waals surface area (Å²) in [5.41, 5.74) is -5.23. The lowest BCUT2D eigenvalue weighted by Gasteiger charge is -2.32. The first kappa shape index (κ1) is 24.0. The molecule has 2 N–H and O–H groups in total. The van der Waals surface area contributed by atoms with Crippen molar-refractivity contribution in [2.24, 2.45) is 4.99 Å². The van der Waals surface area contributed by atoms with Crippen molar-refractivity contribution in [1.82, 2.24) is 14.9 Å². The molecule has 0 bridgehead atoms. The maximum atomic E-state index is 12.6. The molecule has 6 nitrogen and oxygen atoms in total. The standard InChI is InChI=1S/C17H33F3N4O2S/c1-3-4-5-6-7-8-9-12-22-16(21-2)23-15-10-13-24(14-11-15)27(25,26)17(18,19)20/h15H,3-14H2,1-2H3,(H2,21,22,23). The number of alkyl halides is 3. The van der Waals surface area contributed by atoms with Crippen LogP contribution in [0, 0.1) is 0 Å². The Morgan fingerprint density at radius 3 is 2.15 bits per heavy atom. The highest BCUT2D eigenvalue weighted by molar-refractivity contribution is 7.90. The lowest BCUT2D eigenvalue weighted by molar-refractivity contribution is -0.0494. The lowest BCUT2D eigenvalue weighted by Crippen LogP contribution is -2.51. The Balaban J connectivity index is 2.26. The predicted octanol–water partition coefficient (Wildman–Crippen LogP) is 3.22. The van der Waals surface area contributed by atoms with Crippen molar-refractivity contribution in [2.45, 2.75) is 76.3 Å². The van der Waals surface area contributed by atoms with E-state index in [4.69, 9.17) is 0 Å². The highest BCUT2D eigenvalue weighted by Gasteiger charge is 2.50. The average Bonchev–Trinajstić information content (AvgIpc) is 2.62. The van der Waals surface area contributed by atoms with Gasteiger partial charge in [0.15, 0.2) is 5.96 Å². The smallest absolute Gasteiger partial charge is 0.356 e. The molecule has 0 radical (unpaired) electrons. The molecular formula is C17H33F3N4O2S. The number of unbranched alkanes of at least 4 members (excludes halogenated alkanes) is 6. The van der Waals surface area contributed by atoms with E-state index in [2.05, 4.69) is 22.5 Å². The van der Waals surface area contributed by atoms with Gasteiger partial charge in [0.1, 0.15) is 0 Å². The SMILES string of the molecule is CCCCCCCCCNC(=NC)NC1CCN(S(=O)(=O)C(F)(F)F)CC1. The summed E-state index contributed by atoms with van der Waals surface area (Å²) in [6.45, 7) is 2.69. The fourth-order valence-electron chi connectivity index (χ4n) is 3.06. The van der Waals surface area contributed by atoms with E-state index in [-0.39, 0.29) is 19.1 Å². The van der Waals surface area contributed by atoms with Crippen LogP contribution < -0.4 is 10.6 Å². The molecule has 1 aliphatic heterocycles.